The molecule has 1 unspecified atom stereocenters. The van der Waals surface area contributed by atoms with Crippen LogP contribution in [0.1, 0.15) is 23.4 Å². The molecule has 3 rings (SSSR count). The van der Waals surface area contributed by atoms with Crippen LogP contribution in [-0.2, 0) is 11.2 Å². The van der Waals surface area contributed by atoms with E-state index in [0.29, 0.717) is 5.75 Å². The summed E-state index contributed by atoms with van der Waals surface area (Å²) < 4.78 is 1.06. The number of hydrogen-bond donors (Lipinski definition) is 0. The predicted octanol–water partition coefficient (Wildman–Crippen LogP) is 4.79. The zero-order valence-corrected chi connectivity index (χ0v) is 14.2. The van der Waals surface area contributed by atoms with Crippen LogP contribution in [0.3, 0.4) is 0 Å². The molecule has 0 radical (unpaired) electrons. The zero-order chi connectivity index (χ0) is 14.8. The number of thioether (sulfide) groups is 1. The minimum absolute atomic E-state index is 0.0677. The summed E-state index contributed by atoms with van der Waals surface area (Å²) in [7, 11) is 0. The maximum Gasteiger partial charge on any atom is 0.238 e. The molecule has 2 aromatic carbocycles. The van der Waals surface area contributed by atoms with Gasteiger partial charge in [0.05, 0.1) is 5.75 Å². The highest BCUT2D eigenvalue weighted by atomic mass is 79.9. The summed E-state index contributed by atoms with van der Waals surface area (Å²) in [6.45, 7) is 2.14. The molecule has 0 spiro atoms. The first-order chi connectivity index (χ1) is 10.2. The van der Waals surface area contributed by atoms with Gasteiger partial charge >= 0.3 is 0 Å². The Morgan fingerprint density at radius 1 is 1.14 bits per heavy atom. The maximum absolute atomic E-state index is 12.3. The average molecular weight is 362 g/mol. The Morgan fingerprint density at radius 2 is 1.81 bits per heavy atom. The van der Waals surface area contributed by atoms with Gasteiger partial charge in [0.15, 0.2) is 0 Å². The van der Waals surface area contributed by atoms with Crippen molar-refractivity contribution in [2.45, 2.75) is 18.7 Å². The second-order valence-corrected chi connectivity index (χ2v) is 6.98. The van der Waals surface area contributed by atoms with E-state index < -0.39 is 0 Å². The van der Waals surface area contributed by atoms with Crippen molar-refractivity contribution in [1.82, 2.24) is 0 Å². The summed E-state index contributed by atoms with van der Waals surface area (Å²) in [6, 6.07) is 16.5. The number of aryl methyl sites for hydroxylation is 1. The summed E-state index contributed by atoms with van der Waals surface area (Å²) >= 11 is 5.14. The van der Waals surface area contributed by atoms with Crippen molar-refractivity contribution in [1.29, 1.82) is 0 Å². The van der Waals surface area contributed by atoms with Crippen LogP contribution in [0.5, 0.6) is 0 Å². The highest BCUT2D eigenvalue weighted by molar-refractivity contribution is 9.10. The van der Waals surface area contributed by atoms with E-state index >= 15 is 0 Å². The number of benzene rings is 2. The Balaban J connectivity index is 1.93. The van der Waals surface area contributed by atoms with Crippen LogP contribution < -0.4 is 4.90 Å². The number of nitrogens with zero attached hydrogens (tertiary/aromatic N) is 1. The van der Waals surface area contributed by atoms with Gasteiger partial charge in [0.25, 0.3) is 0 Å². The average Bonchev–Trinajstić information content (AvgIpc) is 2.90. The lowest BCUT2D eigenvalue weighted by atomic mass is 10.1. The van der Waals surface area contributed by atoms with Crippen LogP contribution in [0.25, 0.3) is 0 Å². The van der Waals surface area contributed by atoms with Gasteiger partial charge in [-0.1, -0.05) is 47.1 Å². The summed E-state index contributed by atoms with van der Waals surface area (Å²) in [5, 5.41) is 0.0677. The molecule has 4 heteroatoms. The number of carbonyl (C=O) groups is 1. The van der Waals surface area contributed by atoms with Gasteiger partial charge in [-0.2, -0.15) is 0 Å². The van der Waals surface area contributed by atoms with Crippen molar-refractivity contribution in [2.75, 3.05) is 10.7 Å². The molecule has 1 fully saturated rings. The minimum Gasteiger partial charge on any atom is -0.295 e. The van der Waals surface area contributed by atoms with Gasteiger partial charge in [0, 0.05) is 10.2 Å². The van der Waals surface area contributed by atoms with Crippen LogP contribution in [0, 0.1) is 0 Å². The van der Waals surface area contributed by atoms with Crippen molar-refractivity contribution in [3.8, 4) is 0 Å². The molecule has 0 N–H and O–H groups in total. The van der Waals surface area contributed by atoms with Crippen molar-refractivity contribution < 1.29 is 4.79 Å². The Labute approximate surface area is 137 Å². The van der Waals surface area contributed by atoms with Gasteiger partial charge in [-0.15, -0.1) is 11.8 Å². The number of carbonyl (C=O) groups excluding carboxylic acids is 1. The third-order valence-corrected chi connectivity index (χ3v) is 5.39. The van der Waals surface area contributed by atoms with E-state index in [1.807, 2.05) is 17.0 Å². The first kappa shape index (κ1) is 14.7. The highest BCUT2D eigenvalue weighted by Crippen LogP contribution is 2.41. The first-order valence-electron chi connectivity index (χ1n) is 6.97. The van der Waals surface area contributed by atoms with Crippen LogP contribution in [0.2, 0.25) is 0 Å². The lowest BCUT2D eigenvalue weighted by Gasteiger charge is -2.24. The zero-order valence-electron chi connectivity index (χ0n) is 11.8. The van der Waals surface area contributed by atoms with Crippen LogP contribution >= 0.6 is 27.7 Å². The van der Waals surface area contributed by atoms with Crippen molar-refractivity contribution in [3.63, 3.8) is 0 Å². The van der Waals surface area contributed by atoms with Gasteiger partial charge in [-0.3, -0.25) is 9.69 Å². The van der Waals surface area contributed by atoms with E-state index in [-0.39, 0.29) is 11.3 Å². The molecule has 0 bridgehead atoms. The molecule has 2 aromatic rings. The molecule has 0 aliphatic carbocycles. The highest BCUT2D eigenvalue weighted by Gasteiger charge is 2.33. The number of hydrogen-bond acceptors (Lipinski definition) is 2. The molecule has 2 nitrogen and oxygen atoms in total. The number of halogens is 1. The summed E-state index contributed by atoms with van der Waals surface area (Å²) in [4.78, 5) is 14.2. The molecule has 1 amide bonds. The van der Waals surface area contributed by atoms with Gasteiger partial charge in [0.2, 0.25) is 5.91 Å². The van der Waals surface area contributed by atoms with Gasteiger partial charge in [0.1, 0.15) is 5.37 Å². The fraction of sp³-hybridized carbons (Fsp3) is 0.235. The first-order valence-corrected chi connectivity index (χ1v) is 8.81. The Morgan fingerprint density at radius 3 is 2.43 bits per heavy atom. The van der Waals surface area contributed by atoms with Crippen molar-refractivity contribution >= 4 is 39.3 Å². The number of anilines is 1. The molecular formula is C17H16BrNOS. The third-order valence-electron chi connectivity index (χ3n) is 3.65. The number of rotatable bonds is 3. The molecular weight excluding hydrogens is 346 g/mol. The normalized spacial score (nSPS) is 18.3. The molecule has 0 aromatic heterocycles. The lowest BCUT2D eigenvalue weighted by Crippen LogP contribution is -2.27. The van der Waals surface area contributed by atoms with Gasteiger partial charge in [-0.05, 0) is 41.8 Å². The van der Waals surface area contributed by atoms with Crippen molar-refractivity contribution in [2.24, 2.45) is 0 Å². The Kier molecular flexibility index (Phi) is 4.36. The predicted molar refractivity (Wildman–Crippen MR) is 92.6 cm³/mol. The van der Waals surface area contributed by atoms with E-state index in [2.05, 4.69) is 59.3 Å². The van der Waals surface area contributed by atoms with Crippen LogP contribution in [0.15, 0.2) is 53.0 Å². The summed E-state index contributed by atoms with van der Waals surface area (Å²) in [5.74, 6) is 0.716. The summed E-state index contributed by atoms with van der Waals surface area (Å²) in [5.41, 5.74) is 3.43. The van der Waals surface area contributed by atoms with Gasteiger partial charge in [-0.25, -0.2) is 0 Å². The van der Waals surface area contributed by atoms with E-state index in [1.165, 1.54) is 5.56 Å². The minimum atomic E-state index is 0.0677. The molecule has 1 aliphatic heterocycles. The quantitative estimate of drug-likeness (QED) is 0.783. The SMILES string of the molecule is CCc1ccc(N2C(=O)CSC2c2ccc(Br)cc2)cc1. The largest absolute Gasteiger partial charge is 0.295 e. The van der Waals surface area contributed by atoms with Crippen molar-refractivity contribution in [3.05, 3.63) is 64.1 Å². The molecule has 1 atom stereocenters. The van der Waals surface area contributed by atoms with E-state index in [4.69, 9.17) is 0 Å². The van der Waals surface area contributed by atoms with E-state index in [9.17, 15) is 4.79 Å². The van der Waals surface area contributed by atoms with E-state index in [0.717, 1.165) is 22.1 Å². The molecule has 1 saturated heterocycles. The number of amides is 1. The second kappa shape index (κ2) is 6.24. The molecule has 1 aliphatic rings. The van der Waals surface area contributed by atoms with Gasteiger partial charge < -0.3 is 0 Å². The molecule has 0 saturated carbocycles. The summed E-state index contributed by atoms with van der Waals surface area (Å²) in [6.07, 6.45) is 1.01. The lowest BCUT2D eigenvalue weighted by molar-refractivity contribution is -0.115. The second-order valence-electron chi connectivity index (χ2n) is 5.00. The fourth-order valence-electron chi connectivity index (χ4n) is 2.47. The Hall–Kier alpha value is -1.26. The topological polar surface area (TPSA) is 20.3 Å². The molecule has 1 heterocycles. The molecule has 108 valence electrons. The van der Waals surface area contributed by atoms with Crippen LogP contribution in [0.4, 0.5) is 5.69 Å². The monoisotopic (exact) mass is 361 g/mol. The molecule has 21 heavy (non-hydrogen) atoms. The Bertz CT molecular complexity index is 639. The standard InChI is InChI=1S/C17H16BrNOS/c1-2-12-3-9-15(10-4-12)19-16(20)11-21-17(19)13-5-7-14(18)8-6-13/h3-10,17H,2,11H2,1H3. The smallest absolute Gasteiger partial charge is 0.238 e. The fourth-order valence-corrected chi connectivity index (χ4v) is 3.91. The maximum atomic E-state index is 12.3. The van der Waals surface area contributed by atoms with Crippen LogP contribution in [-0.4, -0.2) is 11.7 Å². The van der Waals surface area contributed by atoms with E-state index in [1.54, 1.807) is 11.8 Å². The third kappa shape index (κ3) is 3.01.